The van der Waals surface area contributed by atoms with Gasteiger partial charge in [-0.15, -0.1) is 0 Å². The number of carboxylic acid groups (broad SMARTS) is 1. The Bertz CT molecular complexity index is 609. The number of halogens is 1. The maximum atomic E-state index is 12.0. The molecular weight excluding hydrogens is 326 g/mol. The zero-order chi connectivity index (χ0) is 14.5. The van der Waals surface area contributed by atoms with Crippen LogP contribution in [-0.2, 0) is 4.79 Å². The van der Waals surface area contributed by atoms with Gasteiger partial charge >= 0.3 is 5.97 Å². The quantitative estimate of drug-likeness (QED) is 0.878. The Morgan fingerprint density at radius 3 is 2.45 bits per heavy atom. The summed E-state index contributed by atoms with van der Waals surface area (Å²) in [5.74, 6) is -1.31. The van der Waals surface area contributed by atoms with Crippen molar-refractivity contribution < 1.29 is 19.1 Å². The minimum Gasteiger partial charge on any atom is -0.481 e. The topological polar surface area (TPSA) is 79.5 Å². The smallest absolute Gasteiger partial charge is 0.305 e. The monoisotopic (exact) mass is 337 g/mol. The van der Waals surface area contributed by atoms with E-state index >= 15 is 0 Å². The number of rotatable bonds is 5. The van der Waals surface area contributed by atoms with Crippen LogP contribution in [0.25, 0.3) is 0 Å². The summed E-state index contributed by atoms with van der Waals surface area (Å²) in [6.07, 6.45) is -0.197. The molecule has 5 nitrogen and oxygen atoms in total. The molecule has 1 aromatic heterocycles. The number of carboxylic acids is 1. The van der Waals surface area contributed by atoms with Crippen LogP contribution in [0.2, 0.25) is 0 Å². The predicted molar refractivity (Wildman–Crippen MR) is 75.3 cm³/mol. The first-order valence-electron chi connectivity index (χ1n) is 5.89. The van der Waals surface area contributed by atoms with E-state index in [0.29, 0.717) is 4.67 Å². The van der Waals surface area contributed by atoms with Gasteiger partial charge in [-0.25, -0.2) is 0 Å². The molecule has 1 atom stereocenters. The molecule has 0 fully saturated rings. The molecule has 2 rings (SSSR count). The molecule has 0 aliphatic carbocycles. The standard InChI is InChI=1S/C14H12BrNO4/c15-12-7-6-11(20-12)14(19)16-10(8-13(17)18)9-4-2-1-3-5-9/h1-7,10H,8H2,(H,16,19)(H,17,18)/t10-/m0/s1. The van der Waals surface area contributed by atoms with Gasteiger partial charge in [0, 0.05) is 0 Å². The summed E-state index contributed by atoms with van der Waals surface area (Å²) in [5.41, 5.74) is 0.730. The number of amides is 1. The van der Waals surface area contributed by atoms with Crippen molar-refractivity contribution in [3.05, 3.63) is 58.5 Å². The summed E-state index contributed by atoms with van der Waals surface area (Å²) in [7, 11) is 0. The molecule has 0 spiro atoms. The molecule has 20 heavy (non-hydrogen) atoms. The molecule has 6 heteroatoms. The lowest BCUT2D eigenvalue weighted by Crippen LogP contribution is -2.29. The fourth-order valence-corrected chi connectivity index (χ4v) is 2.08. The highest BCUT2D eigenvalue weighted by molar-refractivity contribution is 9.10. The average Bonchev–Trinajstić information content (AvgIpc) is 2.85. The second-order valence-electron chi connectivity index (χ2n) is 4.14. The van der Waals surface area contributed by atoms with E-state index in [-0.39, 0.29) is 12.2 Å². The van der Waals surface area contributed by atoms with Crippen LogP contribution in [0, 0.1) is 0 Å². The van der Waals surface area contributed by atoms with Gasteiger partial charge in [0.15, 0.2) is 10.4 Å². The van der Waals surface area contributed by atoms with Crippen LogP contribution in [-0.4, -0.2) is 17.0 Å². The average molecular weight is 338 g/mol. The van der Waals surface area contributed by atoms with Crippen molar-refractivity contribution in [1.29, 1.82) is 0 Å². The summed E-state index contributed by atoms with van der Waals surface area (Å²) in [6, 6.07) is 11.5. The molecule has 1 aromatic carbocycles. The SMILES string of the molecule is O=C(O)C[C@H](NC(=O)c1ccc(Br)o1)c1ccccc1. The summed E-state index contributed by atoms with van der Waals surface area (Å²) in [5, 5.41) is 11.6. The number of carbonyl (C=O) groups excluding carboxylic acids is 1. The lowest BCUT2D eigenvalue weighted by molar-refractivity contribution is -0.137. The van der Waals surface area contributed by atoms with Crippen LogP contribution in [0.4, 0.5) is 0 Å². The zero-order valence-electron chi connectivity index (χ0n) is 10.4. The van der Waals surface area contributed by atoms with Crippen LogP contribution >= 0.6 is 15.9 Å². The Labute approximate surface area is 123 Å². The fourth-order valence-electron chi connectivity index (χ4n) is 1.78. The van der Waals surface area contributed by atoms with Crippen LogP contribution in [0.3, 0.4) is 0 Å². The fraction of sp³-hybridized carbons (Fsp3) is 0.143. The van der Waals surface area contributed by atoms with E-state index in [2.05, 4.69) is 21.2 Å². The molecule has 0 aliphatic rings. The lowest BCUT2D eigenvalue weighted by atomic mass is 10.0. The van der Waals surface area contributed by atoms with Crippen molar-refractivity contribution in [1.82, 2.24) is 5.32 Å². The minimum atomic E-state index is -0.986. The maximum Gasteiger partial charge on any atom is 0.305 e. The first-order chi connectivity index (χ1) is 9.56. The Morgan fingerprint density at radius 1 is 1.20 bits per heavy atom. The minimum absolute atomic E-state index is 0.128. The van der Waals surface area contributed by atoms with Gasteiger partial charge in [0.05, 0.1) is 12.5 Å². The van der Waals surface area contributed by atoms with Gasteiger partial charge in [0.25, 0.3) is 5.91 Å². The van der Waals surface area contributed by atoms with Crippen molar-refractivity contribution in [2.75, 3.05) is 0 Å². The first kappa shape index (κ1) is 14.3. The third-order valence-electron chi connectivity index (χ3n) is 2.68. The van der Waals surface area contributed by atoms with Crippen LogP contribution in [0.1, 0.15) is 28.6 Å². The number of nitrogens with one attached hydrogen (secondary N) is 1. The molecule has 0 aliphatic heterocycles. The van der Waals surface area contributed by atoms with Crippen molar-refractivity contribution >= 4 is 27.8 Å². The van der Waals surface area contributed by atoms with E-state index in [1.165, 1.54) is 6.07 Å². The van der Waals surface area contributed by atoms with Crippen molar-refractivity contribution in [2.45, 2.75) is 12.5 Å². The normalized spacial score (nSPS) is 11.8. The second kappa shape index (κ2) is 6.38. The predicted octanol–water partition coefficient (Wildman–Crippen LogP) is 2.99. The molecule has 2 N–H and O–H groups in total. The van der Waals surface area contributed by atoms with Gasteiger partial charge in [-0.1, -0.05) is 30.3 Å². The molecule has 1 heterocycles. The van der Waals surface area contributed by atoms with Gasteiger partial charge in [0.2, 0.25) is 0 Å². The molecule has 2 aromatic rings. The molecule has 1 amide bonds. The largest absolute Gasteiger partial charge is 0.481 e. The van der Waals surface area contributed by atoms with Gasteiger partial charge in [0.1, 0.15) is 0 Å². The van der Waals surface area contributed by atoms with Crippen LogP contribution in [0.5, 0.6) is 0 Å². The van der Waals surface area contributed by atoms with Crippen molar-refractivity contribution in [3.8, 4) is 0 Å². The number of hydrogen-bond donors (Lipinski definition) is 2. The number of benzene rings is 1. The summed E-state index contributed by atoms with van der Waals surface area (Å²) in [4.78, 5) is 22.9. The second-order valence-corrected chi connectivity index (χ2v) is 4.92. The van der Waals surface area contributed by atoms with Crippen molar-refractivity contribution in [3.63, 3.8) is 0 Å². The molecule has 0 saturated heterocycles. The van der Waals surface area contributed by atoms with Gasteiger partial charge in [-0.3, -0.25) is 9.59 Å². The first-order valence-corrected chi connectivity index (χ1v) is 6.68. The Hall–Kier alpha value is -2.08. The Kier molecular flexibility index (Phi) is 4.57. The number of aliphatic carboxylic acids is 1. The van der Waals surface area contributed by atoms with Crippen LogP contribution in [0.15, 0.2) is 51.6 Å². The van der Waals surface area contributed by atoms with E-state index < -0.39 is 17.9 Å². The Balaban J connectivity index is 2.16. The number of carbonyl (C=O) groups is 2. The summed E-state index contributed by atoms with van der Waals surface area (Å²) < 4.78 is 5.59. The van der Waals surface area contributed by atoms with Gasteiger partial charge < -0.3 is 14.8 Å². The zero-order valence-corrected chi connectivity index (χ0v) is 12.0. The molecule has 0 unspecified atom stereocenters. The third kappa shape index (κ3) is 3.71. The maximum absolute atomic E-state index is 12.0. The van der Waals surface area contributed by atoms with E-state index in [4.69, 9.17) is 9.52 Å². The number of hydrogen-bond acceptors (Lipinski definition) is 3. The lowest BCUT2D eigenvalue weighted by Gasteiger charge is -2.16. The van der Waals surface area contributed by atoms with Crippen molar-refractivity contribution in [2.24, 2.45) is 0 Å². The Morgan fingerprint density at radius 2 is 1.90 bits per heavy atom. The molecule has 0 radical (unpaired) electrons. The summed E-state index contributed by atoms with van der Waals surface area (Å²) in [6.45, 7) is 0. The van der Waals surface area contributed by atoms with E-state index in [1.807, 2.05) is 6.07 Å². The highest BCUT2D eigenvalue weighted by atomic mass is 79.9. The number of furan rings is 1. The van der Waals surface area contributed by atoms with E-state index in [1.54, 1.807) is 30.3 Å². The van der Waals surface area contributed by atoms with E-state index in [0.717, 1.165) is 5.56 Å². The highest BCUT2D eigenvalue weighted by Gasteiger charge is 2.20. The van der Waals surface area contributed by atoms with Gasteiger partial charge in [-0.05, 0) is 33.6 Å². The van der Waals surface area contributed by atoms with Gasteiger partial charge in [-0.2, -0.15) is 0 Å². The molecule has 0 saturated carbocycles. The van der Waals surface area contributed by atoms with Crippen LogP contribution < -0.4 is 5.32 Å². The molecule has 104 valence electrons. The highest BCUT2D eigenvalue weighted by Crippen LogP contribution is 2.19. The third-order valence-corrected chi connectivity index (χ3v) is 3.11. The van der Waals surface area contributed by atoms with E-state index in [9.17, 15) is 9.59 Å². The molecular formula is C14H12BrNO4. The molecule has 0 bridgehead atoms. The summed E-state index contributed by atoms with van der Waals surface area (Å²) >= 11 is 3.11.